The first-order valence-electron chi connectivity index (χ1n) is 8.01. The summed E-state index contributed by atoms with van der Waals surface area (Å²) in [7, 11) is 0. The third-order valence-corrected chi connectivity index (χ3v) is 4.23. The molecule has 144 valence electrons. The number of hydrogen-bond acceptors (Lipinski definition) is 7. The van der Waals surface area contributed by atoms with Crippen LogP contribution in [-0.4, -0.2) is 20.9 Å². The summed E-state index contributed by atoms with van der Waals surface area (Å²) in [5, 5.41) is 3.63. The molecule has 3 rings (SSSR count). The highest BCUT2D eigenvalue weighted by molar-refractivity contribution is 6.42. The molecule has 0 spiro atoms. The van der Waals surface area contributed by atoms with E-state index in [0.717, 1.165) is 0 Å². The number of aromatic nitrogens is 3. The van der Waals surface area contributed by atoms with E-state index in [0.29, 0.717) is 21.3 Å². The smallest absolute Gasteiger partial charge is 0.310 e. The van der Waals surface area contributed by atoms with Crippen molar-refractivity contribution in [2.24, 2.45) is 0 Å². The van der Waals surface area contributed by atoms with Crippen molar-refractivity contribution in [1.29, 1.82) is 0 Å². The molecule has 28 heavy (non-hydrogen) atoms. The number of nitrogens with two attached hydrogens (primary N) is 1. The summed E-state index contributed by atoms with van der Waals surface area (Å²) in [6, 6.07) is 10.5. The van der Waals surface area contributed by atoms with Crippen LogP contribution in [0.1, 0.15) is 11.4 Å². The lowest BCUT2D eigenvalue weighted by Gasteiger charge is -2.08. The van der Waals surface area contributed by atoms with Crippen LogP contribution < -0.4 is 11.1 Å². The molecule has 0 saturated heterocycles. The fourth-order valence-corrected chi connectivity index (χ4v) is 2.55. The number of nitrogens with one attached hydrogen (secondary N) is 1. The van der Waals surface area contributed by atoms with E-state index in [-0.39, 0.29) is 36.6 Å². The van der Waals surface area contributed by atoms with E-state index in [1.165, 1.54) is 24.3 Å². The fourth-order valence-electron chi connectivity index (χ4n) is 2.23. The SMILES string of the molecule is Nc1nc(COC(=O)Cc2ccc(Cl)c(Cl)c2)nc(Nc2ccc(F)cc2)n1. The Morgan fingerprint density at radius 3 is 2.54 bits per heavy atom. The summed E-state index contributed by atoms with van der Waals surface area (Å²) >= 11 is 11.8. The predicted molar refractivity (Wildman–Crippen MR) is 104 cm³/mol. The Hall–Kier alpha value is -2.97. The number of carbonyl (C=O) groups excluding carboxylic acids is 1. The lowest BCUT2D eigenvalue weighted by atomic mass is 10.1. The van der Waals surface area contributed by atoms with Gasteiger partial charge in [-0.1, -0.05) is 29.3 Å². The lowest BCUT2D eigenvalue weighted by molar-refractivity contribution is -0.144. The zero-order valence-electron chi connectivity index (χ0n) is 14.3. The molecule has 0 fully saturated rings. The van der Waals surface area contributed by atoms with Gasteiger partial charge in [-0.05, 0) is 42.0 Å². The van der Waals surface area contributed by atoms with Crippen LogP contribution in [0, 0.1) is 5.82 Å². The molecule has 0 amide bonds. The normalized spacial score (nSPS) is 10.5. The average Bonchev–Trinajstić information content (AvgIpc) is 2.65. The van der Waals surface area contributed by atoms with Crippen LogP contribution >= 0.6 is 23.2 Å². The fraction of sp³-hybridized carbons (Fsp3) is 0.111. The number of rotatable bonds is 6. The maximum atomic E-state index is 13.0. The van der Waals surface area contributed by atoms with Gasteiger partial charge < -0.3 is 15.8 Å². The summed E-state index contributed by atoms with van der Waals surface area (Å²) in [6.45, 7) is -0.190. The van der Waals surface area contributed by atoms with Crippen molar-refractivity contribution < 1.29 is 13.9 Å². The summed E-state index contributed by atoms with van der Waals surface area (Å²) in [5.41, 5.74) is 6.89. The topological polar surface area (TPSA) is 103 Å². The summed E-state index contributed by atoms with van der Waals surface area (Å²) in [4.78, 5) is 24.0. The van der Waals surface area contributed by atoms with Crippen molar-refractivity contribution in [3.63, 3.8) is 0 Å². The van der Waals surface area contributed by atoms with Gasteiger partial charge in [-0.3, -0.25) is 4.79 Å². The van der Waals surface area contributed by atoms with Gasteiger partial charge in [-0.15, -0.1) is 0 Å². The van der Waals surface area contributed by atoms with Gasteiger partial charge in [0.1, 0.15) is 5.82 Å². The van der Waals surface area contributed by atoms with Crippen LogP contribution in [0.4, 0.5) is 22.0 Å². The minimum atomic E-state index is -0.495. The van der Waals surface area contributed by atoms with E-state index < -0.39 is 5.97 Å². The Labute approximate surface area is 169 Å². The van der Waals surface area contributed by atoms with Crippen molar-refractivity contribution in [2.45, 2.75) is 13.0 Å². The number of ether oxygens (including phenoxy) is 1. The third kappa shape index (κ3) is 5.51. The molecule has 0 radical (unpaired) electrons. The van der Waals surface area contributed by atoms with Crippen LogP contribution in [0.3, 0.4) is 0 Å². The maximum absolute atomic E-state index is 13.0. The largest absolute Gasteiger partial charge is 0.457 e. The third-order valence-electron chi connectivity index (χ3n) is 3.49. The van der Waals surface area contributed by atoms with Crippen LogP contribution in [0.15, 0.2) is 42.5 Å². The molecule has 0 atom stereocenters. The van der Waals surface area contributed by atoms with Gasteiger partial charge >= 0.3 is 5.97 Å². The summed E-state index contributed by atoms with van der Waals surface area (Å²) in [6.07, 6.45) is 0.0120. The molecule has 7 nitrogen and oxygen atoms in total. The number of carbonyl (C=O) groups is 1. The Morgan fingerprint density at radius 1 is 1.07 bits per heavy atom. The molecule has 0 saturated carbocycles. The van der Waals surface area contributed by atoms with Gasteiger partial charge in [0.05, 0.1) is 16.5 Å². The zero-order chi connectivity index (χ0) is 20.1. The lowest BCUT2D eigenvalue weighted by Crippen LogP contribution is -2.12. The molecule has 0 aliphatic carbocycles. The number of halogens is 3. The Morgan fingerprint density at radius 2 is 1.82 bits per heavy atom. The first kappa shape index (κ1) is 19.8. The van der Waals surface area contributed by atoms with Crippen molar-refractivity contribution in [3.8, 4) is 0 Å². The van der Waals surface area contributed by atoms with Crippen LogP contribution in [0.5, 0.6) is 0 Å². The number of nitrogen functional groups attached to an aromatic ring is 1. The minimum absolute atomic E-state index is 0.0120. The van der Waals surface area contributed by atoms with Gasteiger partial charge in [-0.2, -0.15) is 15.0 Å². The molecule has 3 aromatic rings. The van der Waals surface area contributed by atoms with Crippen molar-refractivity contribution in [1.82, 2.24) is 15.0 Å². The van der Waals surface area contributed by atoms with E-state index in [9.17, 15) is 9.18 Å². The van der Waals surface area contributed by atoms with E-state index in [1.807, 2.05) is 0 Å². The number of esters is 1. The zero-order valence-corrected chi connectivity index (χ0v) is 15.8. The van der Waals surface area contributed by atoms with E-state index >= 15 is 0 Å². The van der Waals surface area contributed by atoms with Gasteiger partial charge in [0.2, 0.25) is 11.9 Å². The van der Waals surface area contributed by atoms with Crippen molar-refractivity contribution in [3.05, 3.63) is 69.7 Å². The Bertz CT molecular complexity index is 1000. The van der Waals surface area contributed by atoms with Gasteiger partial charge in [0, 0.05) is 5.69 Å². The molecule has 3 N–H and O–H groups in total. The van der Waals surface area contributed by atoms with Gasteiger partial charge in [0.25, 0.3) is 0 Å². The average molecular weight is 422 g/mol. The second kappa shape index (κ2) is 8.81. The first-order chi connectivity index (χ1) is 13.4. The Kier molecular flexibility index (Phi) is 6.23. The van der Waals surface area contributed by atoms with Crippen molar-refractivity contribution >= 4 is 46.8 Å². The molecule has 0 aliphatic heterocycles. The quantitative estimate of drug-likeness (QED) is 0.581. The van der Waals surface area contributed by atoms with Gasteiger partial charge in [-0.25, -0.2) is 4.39 Å². The van der Waals surface area contributed by atoms with E-state index in [1.54, 1.807) is 18.2 Å². The summed E-state index contributed by atoms with van der Waals surface area (Å²) < 4.78 is 18.2. The second-order valence-electron chi connectivity index (χ2n) is 5.65. The minimum Gasteiger partial charge on any atom is -0.457 e. The molecule has 2 aromatic carbocycles. The molecule has 0 bridgehead atoms. The van der Waals surface area contributed by atoms with Crippen LogP contribution in [0.25, 0.3) is 0 Å². The van der Waals surface area contributed by atoms with E-state index in [2.05, 4.69) is 20.3 Å². The number of benzene rings is 2. The monoisotopic (exact) mass is 421 g/mol. The van der Waals surface area contributed by atoms with Crippen LogP contribution in [0.2, 0.25) is 10.0 Å². The standard InChI is InChI=1S/C18H14Cl2FN5O2/c19-13-6-1-10(7-14(13)20)8-16(27)28-9-15-24-17(22)26-18(25-15)23-12-4-2-11(21)3-5-12/h1-7H,8-9H2,(H3,22,23,24,25,26). The summed E-state index contributed by atoms with van der Waals surface area (Å²) in [5.74, 6) is -0.593. The maximum Gasteiger partial charge on any atom is 0.310 e. The number of hydrogen-bond donors (Lipinski definition) is 2. The molecule has 0 aliphatic rings. The molecular formula is C18H14Cl2FN5O2. The molecule has 1 heterocycles. The molecule has 0 unspecified atom stereocenters. The number of anilines is 3. The highest BCUT2D eigenvalue weighted by Crippen LogP contribution is 2.23. The molecule has 1 aromatic heterocycles. The first-order valence-corrected chi connectivity index (χ1v) is 8.77. The Balaban J connectivity index is 1.62. The highest BCUT2D eigenvalue weighted by Gasteiger charge is 2.10. The molecular weight excluding hydrogens is 408 g/mol. The van der Waals surface area contributed by atoms with E-state index in [4.69, 9.17) is 33.7 Å². The van der Waals surface area contributed by atoms with Gasteiger partial charge in [0.15, 0.2) is 12.4 Å². The highest BCUT2D eigenvalue weighted by atomic mass is 35.5. The number of nitrogens with zero attached hydrogens (tertiary/aromatic N) is 3. The van der Waals surface area contributed by atoms with Crippen LogP contribution in [-0.2, 0) is 22.6 Å². The predicted octanol–water partition coefficient (Wildman–Crippen LogP) is 3.93. The second-order valence-corrected chi connectivity index (χ2v) is 6.47. The van der Waals surface area contributed by atoms with Crippen molar-refractivity contribution in [2.75, 3.05) is 11.1 Å². The molecule has 10 heteroatoms.